The molecule has 1 N–H and O–H groups in total. The van der Waals surface area contributed by atoms with Crippen LogP contribution >= 0.6 is 34.5 Å². The standard InChI is InChI=1S/C12H9Cl2F2NS/c1-6(10-2-3-11(14)18-10)17-12-8(13)4-7(15)5-9(12)16/h2-6,17H,1H3. The van der Waals surface area contributed by atoms with Crippen molar-refractivity contribution in [3.05, 3.63) is 50.1 Å². The van der Waals surface area contributed by atoms with Crippen molar-refractivity contribution in [2.24, 2.45) is 0 Å². The molecule has 2 rings (SSSR count). The second kappa shape index (κ2) is 5.43. The normalized spacial score (nSPS) is 12.5. The average molecular weight is 308 g/mol. The Bertz CT molecular complexity index is 548. The fraction of sp³-hybridized carbons (Fsp3) is 0.167. The summed E-state index contributed by atoms with van der Waals surface area (Å²) in [6.07, 6.45) is 0. The third-order valence-electron chi connectivity index (χ3n) is 2.39. The number of halogens is 4. The molecule has 1 unspecified atom stereocenters. The highest BCUT2D eigenvalue weighted by molar-refractivity contribution is 7.16. The van der Waals surface area contributed by atoms with E-state index in [4.69, 9.17) is 23.2 Å². The Morgan fingerprint density at radius 2 is 1.94 bits per heavy atom. The van der Waals surface area contributed by atoms with Crippen LogP contribution in [0.4, 0.5) is 14.5 Å². The van der Waals surface area contributed by atoms with Gasteiger partial charge in [-0.05, 0) is 25.1 Å². The number of benzene rings is 1. The predicted octanol–water partition coefficient (Wildman–Crippen LogP) is 5.51. The van der Waals surface area contributed by atoms with Crippen molar-refractivity contribution in [1.82, 2.24) is 0 Å². The minimum absolute atomic E-state index is 0.0157. The van der Waals surface area contributed by atoms with Crippen LogP contribution in [-0.4, -0.2) is 0 Å². The number of anilines is 1. The van der Waals surface area contributed by atoms with Gasteiger partial charge in [-0.3, -0.25) is 0 Å². The summed E-state index contributed by atoms with van der Waals surface area (Å²) < 4.78 is 27.1. The summed E-state index contributed by atoms with van der Waals surface area (Å²) >= 11 is 13.0. The lowest BCUT2D eigenvalue weighted by Gasteiger charge is -2.15. The van der Waals surface area contributed by atoms with Crippen LogP contribution in [0.1, 0.15) is 17.8 Å². The van der Waals surface area contributed by atoms with Crippen molar-refractivity contribution in [3.63, 3.8) is 0 Å². The van der Waals surface area contributed by atoms with E-state index in [9.17, 15) is 8.78 Å². The van der Waals surface area contributed by atoms with E-state index in [0.717, 1.165) is 17.0 Å². The molecule has 0 aliphatic rings. The van der Waals surface area contributed by atoms with Gasteiger partial charge in [-0.15, -0.1) is 11.3 Å². The number of rotatable bonds is 3. The second-order valence-electron chi connectivity index (χ2n) is 3.75. The van der Waals surface area contributed by atoms with Gasteiger partial charge in [-0.1, -0.05) is 23.2 Å². The SMILES string of the molecule is CC(Nc1c(F)cc(F)cc1Cl)c1ccc(Cl)s1. The first-order valence-electron chi connectivity index (χ1n) is 5.13. The fourth-order valence-electron chi connectivity index (χ4n) is 1.53. The highest BCUT2D eigenvalue weighted by Gasteiger charge is 2.14. The maximum atomic E-state index is 13.6. The molecule has 0 fully saturated rings. The number of hydrogen-bond donors (Lipinski definition) is 1. The molecule has 1 aromatic heterocycles. The molecular formula is C12H9Cl2F2NS. The van der Waals surface area contributed by atoms with E-state index >= 15 is 0 Å². The summed E-state index contributed by atoms with van der Waals surface area (Å²) in [5.74, 6) is -1.41. The Kier molecular flexibility index (Phi) is 4.10. The maximum absolute atomic E-state index is 13.6. The van der Waals surface area contributed by atoms with Crippen LogP contribution in [0, 0.1) is 11.6 Å². The van der Waals surface area contributed by atoms with Crippen LogP contribution in [0.15, 0.2) is 24.3 Å². The predicted molar refractivity (Wildman–Crippen MR) is 72.7 cm³/mol. The maximum Gasteiger partial charge on any atom is 0.150 e. The molecule has 0 aliphatic carbocycles. The zero-order valence-corrected chi connectivity index (χ0v) is 11.6. The second-order valence-corrected chi connectivity index (χ2v) is 5.91. The third kappa shape index (κ3) is 2.94. The summed E-state index contributed by atoms with van der Waals surface area (Å²) in [7, 11) is 0. The third-order valence-corrected chi connectivity index (χ3v) is 4.10. The first-order chi connectivity index (χ1) is 8.47. The van der Waals surface area contributed by atoms with E-state index < -0.39 is 11.6 Å². The lowest BCUT2D eigenvalue weighted by molar-refractivity contribution is 0.584. The molecule has 1 nitrogen and oxygen atoms in total. The molecule has 18 heavy (non-hydrogen) atoms. The summed E-state index contributed by atoms with van der Waals surface area (Å²) in [5.41, 5.74) is 0.0927. The van der Waals surface area contributed by atoms with Gasteiger partial charge in [0.1, 0.15) is 5.82 Å². The average Bonchev–Trinajstić information content (AvgIpc) is 2.70. The van der Waals surface area contributed by atoms with Crippen LogP contribution in [0.3, 0.4) is 0 Å². The zero-order chi connectivity index (χ0) is 13.3. The van der Waals surface area contributed by atoms with E-state index in [1.54, 1.807) is 6.07 Å². The van der Waals surface area contributed by atoms with E-state index in [1.807, 2.05) is 13.0 Å². The van der Waals surface area contributed by atoms with Gasteiger partial charge >= 0.3 is 0 Å². The van der Waals surface area contributed by atoms with Gasteiger partial charge < -0.3 is 5.32 Å². The Hall–Kier alpha value is -0.840. The number of nitrogens with one attached hydrogen (secondary N) is 1. The number of hydrogen-bond acceptors (Lipinski definition) is 2. The lowest BCUT2D eigenvalue weighted by Crippen LogP contribution is -2.07. The summed E-state index contributed by atoms with van der Waals surface area (Å²) in [6, 6.07) is 5.31. The van der Waals surface area contributed by atoms with Crippen molar-refractivity contribution < 1.29 is 8.78 Å². The fourth-order valence-corrected chi connectivity index (χ4v) is 2.84. The van der Waals surface area contributed by atoms with Crippen molar-refractivity contribution in [1.29, 1.82) is 0 Å². The van der Waals surface area contributed by atoms with Crippen LogP contribution in [0.2, 0.25) is 9.36 Å². The molecule has 1 aromatic carbocycles. The molecule has 0 bridgehead atoms. The van der Waals surface area contributed by atoms with Crippen LogP contribution < -0.4 is 5.32 Å². The topological polar surface area (TPSA) is 12.0 Å². The van der Waals surface area contributed by atoms with Gasteiger partial charge in [0.05, 0.1) is 21.1 Å². The van der Waals surface area contributed by atoms with E-state index in [0.29, 0.717) is 4.34 Å². The van der Waals surface area contributed by atoms with Crippen LogP contribution in [-0.2, 0) is 0 Å². The molecule has 0 aliphatic heterocycles. The van der Waals surface area contributed by atoms with Crippen LogP contribution in [0.25, 0.3) is 0 Å². The Balaban J connectivity index is 2.24. The van der Waals surface area contributed by atoms with Gasteiger partial charge in [0.15, 0.2) is 5.82 Å². The molecule has 0 saturated carbocycles. The largest absolute Gasteiger partial charge is 0.374 e. The monoisotopic (exact) mass is 307 g/mol. The van der Waals surface area contributed by atoms with Crippen molar-refractivity contribution in [2.45, 2.75) is 13.0 Å². The minimum atomic E-state index is -0.713. The summed E-state index contributed by atoms with van der Waals surface area (Å²) in [4.78, 5) is 0.944. The smallest absolute Gasteiger partial charge is 0.150 e. The highest BCUT2D eigenvalue weighted by atomic mass is 35.5. The van der Waals surface area contributed by atoms with E-state index in [1.165, 1.54) is 11.3 Å². The zero-order valence-electron chi connectivity index (χ0n) is 9.31. The van der Waals surface area contributed by atoms with Crippen molar-refractivity contribution in [3.8, 4) is 0 Å². The van der Waals surface area contributed by atoms with Gasteiger partial charge in [-0.2, -0.15) is 0 Å². The van der Waals surface area contributed by atoms with Gasteiger partial charge in [-0.25, -0.2) is 8.78 Å². The Labute approximate surface area is 117 Å². The molecule has 96 valence electrons. The molecule has 0 radical (unpaired) electrons. The molecule has 0 spiro atoms. The quantitative estimate of drug-likeness (QED) is 0.788. The van der Waals surface area contributed by atoms with Gasteiger partial charge in [0, 0.05) is 10.9 Å². The van der Waals surface area contributed by atoms with E-state index in [-0.39, 0.29) is 16.8 Å². The molecule has 0 saturated heterocycles. The molecule has 0 amide bonds. The first kappa shape index (κ1) is 13.6. The van der Waals surface area contributed by atoms with Crippen molar-refractivity contribution >= 4 is 40.2 Å². The van der Waals surface area contributed by atoms with Gasteiger partial charge in [0.25, 0.3) is 0 Å². The molecule has 1 atom stereocenters. The lowest BCUT2D eigenvalue weighted by atomic mass is 10.2. The van der Waals surface area contributed by atoms with Gasteiger partial charge in [0.2, 0.25) is 0 Å². The first-order valence-corrected chi connectivity index (χ1v) is 6.71. The Morgan fingerprint density at radius 3 is 2.50 bits per heavy atom. The highest BCUT2D eigenvalue weighted by Crippen LogP contribution is 2.33. The van der Waals surface area contributed by atoms with E-state index in [2.05, 4.69) is 5.32 Å². The molecule has 6 heteroatoms. The number of thiophene rings is 1. The summed E-state index contributed by atoms with van der Waals surface area (Å²) in [6.45, 7) is 1.85. The minimum Gasteiger partial charge on any atom is -0.374 e. The molecular weight excluding hydrogens is 299 g/mol. The molecule has 2 aromatic rings. The van der Waals surface area contributed by atoms with Crippen molar-refractivity contribution in [2.75, 3.05) is 5.32 Å². The Morgan fingerprint density at radius 1 is 1.22 bits per heavy atom. The summed E-state index contributed by atoms with van der Waals surface area (Å²) in [5, 5.41) is 2.93. The molecule has 1 heterocycles. The van der Waals surface area contributed by atoms with Crippen LogP contribution in [0.5, 0.6) is 0 Å².